The lowest BCUT2D eigenvalue weighted by Gasteiger charge is -2.36. The van der Waals surface area contributed by atoms with Crippen LogP contribution in [0.4, 0.5) is 10.6 Å². The fourth-order valence-electron chi connectivity index (χ4n) is 3.86. The van der Waals surface area contributed by atoms with E-state index in [1.165, 1.54) is 9.30 Å². The fourth-order valence-corrected chi connectivity index (χ4v) is 3.86. The number of hydrogen-bond donors (Lipinski definition) is 0. The second-order valence-electron chi connectivity index (χ2n) is 7.05. The molecule has 0 N–H and O–H groups in total. The van der Waals surface area contributed by atoms with Crippen LogP contribution < -0.4 is 10.5 Å². The predicted octanol–water partition coefficient (Wildman–Crippen LogP) is 0.574. The van der Waals surface area contributed by atoms with E-state index in [1.54, 1.807) is 36.4 Å². The first-order valence-corrected chi connectivity index (χ1v) is 9.42. The van der Waals surface area contributed by atoms with Gasteiger partial charge in [-0.3, -0.25) is 18.9 Å². The van der Waals surface area contributed by atoms with Crippen LogP contribution >= 0.6 is 0 Å². The van der Waals surface area contributed by atoms with Crippen molar-refractivity contribution in [2.45, 2.75) is 18.9 Å². The number of imide groups is 1. The SMILES string of the molecule is COCCN1C(=O)CN(C2CCN(c3cc(=O)n4ccccc4n3)CC2)C1=O. The third-order valence-electron chi connectivity index (χ3n) is 5.39. The molecule has 28 heavy (non-hydrogen) atoms. The third-order valence-corrected chi connectivity index (χ3v) is 5.39. The number of pyridine rings is 1. The first-order valence-electron chi connectivity index (χ1n) is 9.42. The number of hydrogen-bond acceptors (Lipinski definition) is 6. The molecule has 2 aliphatic heterocycles. The molecule has 0 aromatic carbocycles. The Hall–Kier alpha value is -2.94. The summed E-state index contributed by atoms with van der Waals surface area (Å²) in [4.78, 5) is 46.6. The van der Waals surface area contributed by atoms with E-state index in [0.717, 1.165) is 12.8 Å². The first kappa shape index (κ1) is 18.4. The van der Waals surface area contributed by atoms with Crippen molar-refractivity contribution in [3.8, 4) is 0 Å². The molecule has 0 unspecified atom stereocenters. The predicted molar refractivity (Wildman–Crippen MR) is 102 cm³/mol. The monoisotopic (exact) mass is 385 g/mol. The van der Waals surface area contributed by atoms with Gasteiger partial charge < -0.3 is 14.5 Å². The summed E-state index contributed by atoms with van der Waals surface area (Å²) in [5, 5.41) is 0. The molecule has 4 rings (SSSR count). The zero-order valence-electron chi connectivity index (χ0n) is 15.8. The average Bonchev–Trinajstić information content (AvgIpc) is 3.00. The van der Waals surface area contributed by atoms with Crippen molar-refractivity contribution in [1.29, 1.82) is 0 Å². The molecule has 0 aliphatic carbocycles. The molecule has 9 heteroatoms. The zero-order chi connectivity index (χ0) is 19.7. The molecule has 148 valence electrons. The third kappa shape index (κ3) is 3.33. The van der Waals surface area contributed by atoms with Crippen LogP contribution in [0.3, 0.4) is 0 Å². The van der Waals surface area contributed by atoms with E-state index >= 15 is 0 Å². The van der Waals surface area contributed by atoms with Crippen LogP contribution in [0.15, 0.2) is 35.3 Å². The number of carbonyl (C=O) groups excluding carboxylic acids is 2. The Bertz CT molecular complexity index is 951. The fraction of sp³-hybridized carbons (Fsp3) is 0.474. The first-order chi connectivity index (χ1) is 13.6. The molecule has 0 radical (unpaired) electrons. The van der Waals surface area contributed by atoms with E-state index in [4.69, 9.17) is 4.74 Å². The molecule has 0 saturated carbocycles. The second-order valence-corrected chi connectivity index (χ2v) is 7.05. The molecule has 2 aromatic heterocycles. The highest BCUT2D eigenvalue weighted by molar-refractivity contribution is 6.02. The van der Waals surface area contributed by atoms with Gasteiger partial charge in [0.1, 0.15) is 18.0 Å². The van der Waals surface area contributed by atoms with Crippen LogP contribution in [-0.2, 0) is 9.53 Å². The average molecular weight is 385 g/mol. The van der Waals surface area contributed by atoms with Gasteiger partial charge >= 0.3 is 6.03 Å². The summed E-state index contributed by atoms with van der Waals surface area (Å²) in [6, 6.07) is 6.78. The van der Waals surface area contributed by atoms with Gasteiger partial charge in [0, 0.05) is 38.5 Å². The van der Waals surface area contributed by atoms with E-state index in [2.05, 4.69) is 9.88 Å². The Balaban J connectivity index is 1.43. The Kier molecular flexibility index (Phi) is 4.99. The number of carbonyl (C=O) groups is 2. The summed E-state index contributed by atoms with van der Waals surface area (Å²) >= 11 is 0. The van der Waals surface area contributed by atoms with E-state index < -0.39 is 0 Å². The number of piperidine rings is 1. The molecular formula is C19H23N5O4. The van der Waals surface area contributed by atoms with Gasteiger partial charge in [0.05, 0.1) is 13.2 Å². The molecule has 0 bridgehead atoms. The van der Waals surface area contributed by atoms with Crippen molar-refractivity contribution in [2.24, 2.45) is 0 Å². The summed E-state index contributed by atoms with van der Waals surface area (Å²) in [5.41, 5.74) is 0.498. The van der Waals surface area contributed by atoms with Crippen molar-refractivity contribution < 1.29 is 14.3 Å². The minimum atomic E-state index is -0.234. The van der Waals surface area contributed by atoms with Gasteiger partial charge in [-0.15, -0.1) is 0 Å². The summed E-state index contributed by atoms with van der Waals surface area (Å²) < 4.78 is 6.49. The standard InChI is InChI=1S/C19H23N5O4/c1-28-11-10-23-18(26)13-24(19(23)27)14-5-8-21(9-6-14)16-12-17(25)22-7-3-2-4-15(22)20-16/h2-4,7,12,14H,5-6,8-11,13H2,1H3. The van der Waals surface area contributed by atoms with Crippen molar-refractivity contribution in [3.05, 3.63) is 40.8 Å². The smallest absolute Gasteiger partial charge is 0.327 e. The van der Waals surface area contributed by atoms with E-state index in [-0.39, 0.29) is 36.6 Å². The number of rotatable bonds is 5. The minimum absolute atomic E-state index is 0.0156. The van der Waals surface area contributed by atoms with Crippen molar-refractivity contribution in [1.82, 2.24) is 19.2 Å². The number of anilines is 1. The van der Waals surface area contributed by atoms with Crippen LogP contribution in [0.25, 0.3) is 5.65 Å². The maximum Gasteiger partial charge on any atom is 0.327 e. The summed E-state index contributed by atoms with van der Waals surface area (Å²) in [6.07, 6.45) is 3.16. The summed E-state index contributed by atoms with van der Waals surface area (Å²) in [6.45, 7) is 2.11. The highest BCUT2D eigenvalue weighted by Crippen LogP contribution is 2.24. The summed E-state index contributed by atoms with van der Waals surface area (Å²) in [5.74, 6) is 0.480. The lowest BCUT2D eigenvalue weighted by Crippen LogP contribution is -2.47. The molecule has 3 amide bonds. The molecule has 2 aliphatic rings. The molecule has 4 heterocycles. The highest BCUT2D eigenvalue weighted by atomic mass is 16.5. The molecule has 9 nitrogen and oxygen atoms in total. The van der Waals surface area contributed by atoms with Gasteiger partial charge in [0.15, 0.2) is 0 Å². The van der Waals surface area contributed by atoms with Crippen molar-refractivity contribution in [3.63, 3.8) is 0 Å². The Morgan fingerprint density at radius 3 is 2.71 bits per heavy atom. The van der Waals surface area contributed by atoms with Crippen LogP contribution in [-0.4, -0.2) is 77.1 Å². The van der Waals surface area contributed by atoms with Gasteiger partial charge in [0.2, 0.25) is 5.91 Å². The largest absolute Gasteiger partial charge is 0.383 e. The van der Waals surface area contributed by atoms with Crippen LogP contribution in [0.5, 0.6) is 0 Å². The Labute approximate surface area is 162 Å². The van der Waals surface area contributed by atoms with E-state index in [0.29, 0.717) is 31.2 Å². The number of nitrogens with zero attached hydrogens (tertiary/aromatic N) is 5. The minimum Gasteiger partial charge on any atom is -0.383 e. The molecule has 2 fully saturated rings. The van der Waals surface area contributed by atoms with Gasteiger partial charge in [-0.2, -0.15) is 0 Å². The second kappa shape index (κ2) is 7.59. The van der Waals surface area contributed by atoms with Gasteiger partial charge in [0.25, 0.3) is 5.56 Å². The number of aromatic nitrogens is 2. The normalized spacial score (nSPS) is 18.5. The van der Waals surface area contributed by atoms with Gasteiger partial charge in [-0.1, -0.05) is 6.07 Å². The van der Waals surface area contributed by atoms with E-state index in [1.807, 2.05) is 6.07 Å². The number of amides is 3. The highest BCUT2D eigenvalue weighted by Gasteiger charge is 2.40. The number of fused-ring (bicyclic) bond motifs is 1. The van der Waals surface area contributed by atoms with Gasteiger partial charge in [-0.05, 0) is 25.0 Å². The lowest BCUT2D eigenvalue weighted by molar-refractivity contribution is -0.125. The molecular weight excluding hydrogens is 362 g/mol. The van der Waals surface area contributed by atoms with Gasteiger partial charge in [-0.25, -0.2) is 9.78 Å². The van der Waals surface area contributed by atoms with Crippen LogP contribution in [0, 0.1) is 0 Å². The molecule has 0 atom stereocenters. The molecule has 2 aromatic rings. The molecule has 2 saturated heterocycles. The van der Waals surface area contributed by atoms with E-state index in [9.17, 15) is 14.4 Å². The summed E-state index contributed by atoms with van der Waals surface area (Å²) in [7, 11) is 1.55. The lowest BCUT2D eigenvalue weighted by atomic mass is 10.0. The molecule has 0 spiro atoms. The zero-order valence-corrected chi connectivity index (χ0v) is 15.8. The number of methoxy groups -OCH3 is 1. The van der Waals surface area contributed by atoms with Crippen molar-refractivity contribution >= 4 is 23.4 Å². The van der Waals surface area contributed by atoms with Crippen LogP contribution in [0.2, 0.25) is 0 Å². The Morgan fingerprint density at radius 1 is 1.18 bits per heavy atom. The number of urea groups is 1. The van der Waals surface area contributed by atoms with Crippen molar-refractivity contribution in [2.75, 3.05) is 44.8 Å². The maximum atomic E-state index is 12.6. The Morgan fingerprint density at radius 2 is 1.96 bits per heavy atom. The topological polar surface area (TPSA) is 87.5 Å². The number of ether oxygens (including phenoxy) is 1. The maximum absolute atomic E-state index is 12.6. The quantitative estimate of drug-likeness (QED) is 0.700. The van der Waals surface area contributed by atoms with Crippen LogP contribution in [0.1, 0.15) is 12.8 Å².